The van der Waals surface area contributed by atoms with Gasteiger partial charge in [-0.05, 0) is 43.7 Å². The fourth-order valence-corrected chi connectivity index (χ4v) is 5.71. The lowest BCUT2D eigenvalue weighted by molar-refractivity contribution is -0.136. The van der Waals surface area contributed by atoms with Crippen LogP contribution in [0.15, 0.2) is 34.5 Å². The highest BCUT2D eigenvalue weighted by Crippen LogP contribution is 2.60. The third-order valence-corrected chi connectivity index (χ3v) is 7.28. The van der Waals surface area contributed by atoms with Gasteiger partial charge in [-0.2, -0.15) is 0 Å². The van der Waals surface area contributed by atoms with Gasteiger partial charge in [0.05, 0.1) is 30.2 Å². The van der Waals surface area contributed by atoms with Crippen molar-refractivity contribution in [2.75, 3.05) is 11.5 Å². The first-order valence-corrected chi connectivity index (χ1v) is 10.6. The molecule has 5 nitrogen and oxygen atoms in total. The molecule has 2 aliphatic rings. The lowest BCUT2D eigenvalue weighted by atomic mass is 10.1. The molecule has 2 fully saturated rings. The molecule has 3 rings (SSSR count). The molecule has 138 valence electrons. The maximum Gasteiger partial charge on any atom is 0.227 e. The van der Waals surface area contributed by atoms with E-state index in [-0.39, 0.29) is 40.7 Å². The smallest absolute Gasteiger partial charge is 0.227 e. The molecular formula is C19H27NO4S. The second kappa shape index (κ2) is 6.31. The van der Waals surface area contributed by atoms with Crippen LogP contribution >= 0.6 is 0 Å². The van der Waals surface area contributed by atoms with Crippen molar-refractivity contribution in [2.45, 2.75) is 46.7 Å². The van der Waals surface area contributed by atoms with Crippen LogP contribution < -0.4 is 0 Å². The Morgan fingerprint density at radius 3 is 2.64 bits per heavy atom. The second-order valence-electron chi connectivity index (χ2n) is 8.17. The summed E-state index contributed by atoms with van der Waals surface area (Å²) < 4.78 is 29.3. The van der Waals surface area contributed by atoms with E-state index in [1.54, 1.807) is 17.2 Å². The molecule has 25 heavy (non-hydrogen) atoms. The van der Waals surface area contributed by atoms with Crippen LogP contribution in [0.3, 0.4) is 0 Å². The molecule has 3 atom stereocenters. The number of nitrogens with zero attached hydrogens (tertiary/aromatic N) is 1. The Balaban J connectivity index is 1.84. The van der Waals surface area contributed by atoms with Gasteiger partial charge in [-0.25, -0.2) is 8.42 Å². The highest BCUT2D eigenvalue weighted by Gasteiger charge is 2.61. The van der Waals surface area contributed by atoms with Crippen molar-refractivity contribution in [2.24, 2.45) is 17.3 Å². The first-order valence-electron chi connectivity index (χ1n) is 8.80. The Morgan fingerprint density at radius 1 is 1.40 bits per heavy atom. The molecule has 0 unspecified atom stereocenters. The van der Waals surface area contributed by atoms with E-state index < -0.39 is 9.84 Å². The van der Waals surface area contributed by atoms with Gasteiger partial charge >= 0.3 is 0 Å². The van der Waals surface area contributed by atoms with Gasteiger partial charge in [0, 0.05) is 6.04 Å². The van der Waals surface area contributed by atoms with E-state index in [9.17, 15) is 13.2 Å². The average molecular weight is 365 g/mol. The van der Waals surface area contributed by atoms with Crippen molar-refractivity contribution in [1.82, 2.24) is 4.90 Å². The lowest BCUT2D eigenvalue weighted by Gasteiger charge is -2.28. The molecule has 0 aromatic carbocycles. The molecule has 1 aromatic rings. The number of sulfone groups is 1. The van der Waals surface area contributed by atoms with Crippen molar-refractivity contribution in [1.29, 1.82) is 0 Å². The predicted molar refractivity (Wildman–Crippen MR) is 96.5 cm³/mol. The standard InChI is InChI=1S/C19H27NO4S/c1-13(2)10-16-17(19(16,3)4)18(21)20(11-15-6-5-8-24-15)14-7-9-25(22,23)12-14/h5-6,8,10,14,16-17H,7,9,11-12H2,1-4H3/t14-,16+,17+/m0/s1. The van der Waals surface area contributed by atoms with Crippen LogP contribution in [0.5, 0.6) is 0 Å². The molecular weight excluding hydrogens is 338 g/mol. The highest BCUT2D eigenvalue weighted by molar-refractivity contribution is 7.91. The van der Waals surface area contributed by atoms with Crippen LogP contribution in [0.1, 0.15) is 39.9 Å². The summed E-state index contributed by atoms with van der Waals surface area (Å²) in [5, 5.41) is 0. The van der Waals surface area contributed by atoms with E-state index in [0.29, 0.717) is 18.7 Å². The molecule has 6 heteroatoms. The van der Waals surface area contributed by atoms with Gasteiger partial charge in [-0.1, -0.05) is 25.5 Å². The minimum atomic E-state index is -3.06. The summed E-state index contributed by atoms with van der Waals surface area (Å²) >= 11 is 0. The first-order chi connectivity index (χ1) is 11.6. The molecule has 1 aliphatic carbocycles. The summed E-state index contributed by atoms with van der Waals surface area (Å²) in [6.45, 7) is 8.63. The van der Waals surface area contributed by atoms with E-state index in [2.05, 4.69) is 19.9 Å². The quantitative estimate of drug-likeness (QED) is 0.752. The first kappa shape index (κ1) is 18.2. The monoisotopic (exact) mass is 365 g/mol. The summed E-state index contributed by atoms with van der Waals surface area (Å²) in [6, 6.07) is 3.36. The molecule has 0 radical (unpaired) electrons. The lowest BCUT2D eigenvalue weighted by Crippen LogP contribution is -2.42. The molecule has 0 N–H and O–H groups in total. The van der Waals surface area contributed by atoms with Crippen LogP contribution in [0.25, 0.3) is 0 Å². The second-order valence-corrected chi connectivity index (χ2v) is 10.4. The van der Waals surface area contributed by atoms with Crippen LogP contribution in [-0.2, 0) is 21.2 Å². The Labute approximate surface area is 150 Å². The van der Waals surface area contributed by atoms with Gasteiger partial charge in [0.25, 0.3) is 0 Å². The van der Waals surface area contributed by atoms with Gasteiger partial charge in [-0.3, -0.25) is 4.79 Å². The minimum absolute atomic E-state index is 0.0472. The van der Waals surface area contributed by atoms with Crippen LogP contribution in [0.4, 0.5) is 0 Å². The number of allylic oxidation sites excluding steroid dienone is 2. The van der Waals surface area contributed by atoms with Gasteiger partial charge < -0.3 is 9.32 Å². The third-order valence-electron chi connectivity index (χ3n) is 5.53. The molecule has 1 saturated heterocycles. The van der Waals surface area contributed by atoms with Crippen molar-refractivity contribution in [3.8, 4) is 0 Å². The van der Waals surface area contributed by atoms with Crippen LogP contribution in [-0.4, -0.2) is 36.8 Å². The third kappa shape index (κ3) is 3.68. The molecule has 0 spiro atoms. The fraction of sp³-hybridized carbons (Fsp3) is 0.632. The molecule has 1 aromatic heterocycles. The number of hydrogen-bond donors (Lipinski definition) is 0. The number of rotatable bonds is 5. The van der Waals surface area contributed by atoms with Gasteiger partial charge in [0.2, 0.25) is 5.91 Å². The van der Waals surface area contributed by atoms with Crippen molar-refractivity contribution in [3.05, 3.63) is 35.8 Å². The number of amides is 1. The summed E-state index contributed by atoms with van der Waals surface area (Å²) in [5.74, 6) is 1.06. The van der Waals surface area contributed by atoms with Gasteiger partial charge in [0.15, 0.2) is 9.84 Å². The summed E-state index contributed by atoms with van der Waals surface area (Å²) in [7, 11) is -3.06. The van der Waals surface area contributed by atoms with E-state index in [0.717, 1.165) is 0 Å². The number of carbonyl (C=O) groups is 1. The van der Waals surface area contributed by atoms with Gasteiger partial charge in [0.1, 0.15) is 5.76 Å². The minimum Gasteiger partial charge on any atom is -0.467 e. The molecule has 1 aliphatic heterocycles. The van der Waals surface area contributed by atoms with E-state index in [4.69, 9.17) is 4.42 Å². The van der Waals surface area contributed by atoms with Crippen LogP contribution in [0, 0.1) is 17.3 Å². The maximum absolute atomic E-state index is 13.3. The Bertz CT molecular complexity index is 772. The van der Waals surface area contributed by atoms with Crippen LogP contribution in [0.2, 0.25) is 0 Å². The molecule has 0 bridgehead atoms. The SMILES string of the molecule is CC(C)=C[C@@H]1[C@H](C(=O)N(Cc2ccco2)[C@H]2CCS(=O)(=O)C2)C1(C)C. The zero-order valence-electron chi connectivity index (χ0n) is 15.4. The molecule has 1 saturated carbocycles. The largest absolute Gasteiger partial charge is 0.467 e. The van der Waals surface area contributed by atoms with Crippen molar-refractivity contribution >= 4 is 15.7 Å². The highest BCUT2D eigenvalue weighted by atomic mass is 32.2. The topological polar surface area (TPSA) is 67.6 Å². The Kier molecular flexibility index (Phi) is 4.60. The average Bonchev–Trinajstić information content (AvgIpc) is 2.93. The number of hydrogen-bond acceptors (Lipinski definition) is 4. The number of furan rings is 1. The Hall–Kier alpha value is -1.56. The fourth-order valence-electron chi connectivity index (χ4n) is 3.98. The molecule has 2 heterocycles. The van der Waals surface area contributed by atoms with E-state index >= 15 is 0 Å². The van der Waals surface area contributed by atoms with E-state index in [1.165, 1.54) is 5.57 Å². The summed E-state index contributed by atoms with van der Waals surface area (Å²) in [5.41, 5.74) is 1.11. The van der Waals surface area contributed by atoms with E-state index in [1.807, 2.05) is 19.9 Å². The predicted octanol–water partition coefficient (Wildman–Crippen LogP) is 3.03. The zero-order valence-corrected chi connectivity index (χ0v) is 16.2. The van der Waals surface area contributed by atoms with Crippen molar-refractivity contribution in [3.63, 3.8) is 0 Å². The maximum atomic E-state index is 13.3. The molecule has 1 amide bonds. The Morgan fingerprint density at radius 2 is 2.12 bits per heavy atom. The number of carbonyl (C=O) groups excluding carboxylic acids is 1. The normalized spacial score (nSPS) is 29.2. The summed E-state index contributed by atoms with van der Waals surface area (Å²) in [4.78, 5) is 15.0. The summed E-state index contributed by atoms with van der Waals surface area (Å²) in [6.07, 6.45) is 4.25. The zero-order chi connectivity index (χ0) is 18.4. The van der Waals surface area contributed by atoms with Crippen molar-refractivity contribution < 1.29 is 17.6 Å². The van der Waals surface area contributed by atoms with Gasteiger partial charge in [-0.15, -0.1) is 0 Å².